The smallest absolute Gasteiger partial charge is 0.410 e. The highest BCUT2D eigenvalue weighted by Gasteiger charge is 2.44. The minimum Gasteiger partial charge on any atom is -0.445 e. The molecule has 744 valence electrons. The van der Waals surface area contributed by atoms with Gasteiger partial charge in [0.1, 0.15) is 42.2 Å². The first-order valence-electron chi connectivity index (χ1n) is 49.1. The number of alkyl halides is 3. The zero-order chi connectivity index (χ0) is 101. The first-order chi connectivity index (χ1) is 66.0. The number of piperidine rings is 5. The van der Waals surface area contributed by atoms with Crippen LogP contribution in [0.25, 0.3) is 0 Å². The van der Waals surface area contributed by atoms with Crippen molar-refractivity contribution in [2.75, 3.05) is 83.1 Å². The summed E-state index contributed by atoms with van der Waals surface area (Å²) in [4.78, 5) is 71.8. The van der Waals surface area contributed by atoms with E-state index in [1.165, 1.54) is 53.6 Å². The number of Topliss-reactive ketones (excluding diaryl/α,β-unsaturated/α-hetero) is 1. The van der Waals surface area contributed by atoms with Crippen LogP contribution >= 0.6 is 57.4 Å². The summed E-state index contributed by atoms with van der Waals surface area (Å²) >= 11 is 18.9. The predicted octanol–water partition coefficient (Wildman–Crippen LogP) is 25.0. The third-order valence-electron chi connectivity index (χ3n) is 26.0. The van der Waals surface area contributed by atoms with E-state index < -0.39 is 22.2 Å². The van der Waals surface area contributed by atoms with E-state index in [1.54, 1.807) is 15.9 Å². The molecule has 5 heterocycles. The Morgan fingerprint density at radius 1 is 0.396 bits per heavy atom. The van der Waals surface area contributed by atoms with Crippen molar-refractivity contribution in [1.82, 2.24) is 35.1 Å². The lowest BCUT2D eigenvalue weighted by atomic mass is 9.78. The lowest BCUT2D eigenvalue weighted by molar-refractivity contribution is -0.122. The van der Waals surface area contributed by atoms with Gasteiger partial charge in [-0.2, -0.15) is 5.26 Å². The van der Waals surface area contributed by atoms with E-state index in [-0.39, 0.29) is 81.9 Å². The van der Waals surface area contributed by atoms with Crippen molar-refractivity contribution in [3.8, 4) is 6.07 Å². The maximum atomic E-state index is 12.8. The number of hydrogen-bond acceptors (Lipinski definition) is 13. The van der Waals surface area contributed by atoms with E-state index in [4.69, 9.17) is 55.3 Å². The Balaban J connectivity index is 0.000000189. The largest absolute Gasteiger partial charge is 0.445 e. The number of rotatable bonds is 18. The Morgan fingerprint density at radius 3 is 1.11 bits per heavy atom. The second-order valence-corrected chi connectivity index (χ2v) is 44.7. The number of nitrogens with one attached hydrogen (secondary N) is 2. The molecule has 4 unspecified atom stereocenters. The van der Waals surface area contributed by atoms with Crippen LogP contribution in [0, 0.1) is 14.9 Å². The third kappa shape index (κ3) is 36.3. The maximum Gasteiger partial charge on any atom is 0.410 e. The number of nitrogens with zero attached hydrogens (tertiary/aromatic N) is 6. The molecule has 0 saturated carbocycles. The molecule has 5 aliphatic rings. The van der Waals surface area contributed by atoms with Crippen LogP contribution in [0.1, 0.15) is 246 Å². The number of benzene rings is 10. The van der Waals surface area contributed by atoms with E-state index in [9.17, 15) is 29.1 Å². The van der Waals surface area contributed by atoms with Gasteiger partial charge in [0.25, 0.3) is 0 Å². The van der Waals surface area contributed by atoms with Crippen molar-refractivity contribution in [3.05, 3.63) is 354 Å². The number of carbonyl (C=O) groups excluding carboxylic acids is 5. The second kappa shape index (κ2) is 53.4. The molecule has 10 aromatic carbocycles. The molecule has 5 fully saturated rings. The van der Waals surface area contributed by atoms with Crippen LogP contribution in [0.5, 0.6) is 0 Å². The minimum atomic E-state index is -0.742. The van der Waals surface area contributed by atoms with Crippen molar-refractivity contribution >= 4 is 87.2 Å². The monoisotopic (exact) mass is 2050 g/mol. The van der Waals surface area contributed by atoms with Gasteiger partial charge >= 0.3 is 12.2 Å². The van der Waals surface area contributed by atoms with Gasteiger partial charge in [-0.25, -0.2) is 9.59 Å². The topological polar surface area (TPSA) is 214 Å². The zero-order valence-electron chi connectivity index (χ0n) is 84.9. The van der Waals surface area contributed by atoms with Crippen molar-refractivity contribution in [2.45, 2.75) is 250 Å². The Hall–Kier alpha value is -9.76. The van der Waals surface area contributed by atoms with Crippen LogP contribution < -0.4 is 16.4 Å². The summed E-state index contributed by atoms with van der Waals surface area (Å²) in [7, 11) is 0. The van der Waals surface area contributed by atoms with Crippen LogP contribution in [0.15, 0.2) is 273 Å². The molecule has 4 atom stereocenters. The van der Waals surface area contributed by atoms with E-state index in [0.29, 0.717) is 45.1 Å². The number of ketones is 1. The van der Waals surface area contributed by atoms with Gasteiger partial charge in [-0.1, -0.05) is 365 Å². The molecule has 0 radical (unpaired) electrons. The maximum absolute atomic E-state index is 12.8. The van der Waals surface area contributed by atoms with Crippen LogP contribution in [0.4, 0.5) is 9.59 Å². The van der Waals surface area contributed by atoms with Crippen LogP contribution in [-0.4, -0.2) is 142 Å². The number of halogens is 4. The van der Waals surface area contributed by atoms with Gasteiger partial charge in [0.05, 0.1) is 35.8 Å². The number of nitrogens with two attached hydrogens (primary N) is 1. The van der Waals surface area contributed by atoms with E-state index in [2.05, 4.69) is 322 Å². The molecule has 10 aromatic rings. The molecule has 21 heteroatoms. The summed E-state index contributed by atoms with van der Waals surface area (Å²) in [6.07, 6.45) is 8.17. The van der Waals surface area contributed by atoms with Gasteiger partial charge in [-0.05, 0) is 217 Å². The van der Waals surface area contributed by atoms with Crippen LogP contribution in [-0.2, 0) is 106 Å². The molecule has 17 nitrogen and oxygen atoms in total. The van der Waals surface area contributed by atoms with Crippen LogP contribution in [0.2, 0.25) is 0 Å². The second-order valence-electron chi connectivity index (χ2n) is 42.7. The summed E-state index contributed by atoms with van der Waals surface area (Å²) in [5.41, 5.74) is 21.4. The normalized spacial score (nSPS) is 19.2. The van der Waals surface area contributed by atoms with E-state index in [1.807, 2.05) is 103 Å². The first-order valence-corrected chi connectivity index (χ1v) is 51.7. The third-order valence-corrected chi connectivity index (χ3v) is 27.3. The molecule has 5 saturated heterocycles. The SMILES string of the molecule is CC(C)(C)c1cccc(C2(N)CCCN(C(=O)OCc3ccccc3)C2)c1.CC(C)(C)c1cccc(C2(NC(=O)CCl)CCCN(C(=O)OCc3ccccc3)C2)c1.CC(C)(C)c1cccc(C2(NC(=O)CCl)CCCN(Cc3ccccc3)C2)c1.CC(C)(C)c1cccc(C2(O)CCCN(Cc3ccccc3)C2)c1.CC(C)(C)c1cccc(I)c1.N#CCCl.O=C1CCCN(Cc2ccccc2)C1. The number of nitriles is 1. The quantitative estimate of drug-likeness (QED) is 0.0465. The fourth-order valence-electron chi connectivity index (χ4n) is 18.2. The number of amides is 4. The molecule has 0 aliphatic carbocycles. The van der Waals surface area contributed by atoms with Gasteiger partial charge in [-0.3, -0.25) is 29.1 Å². The number of likely N-dealkylation sites (tertiary alicyclic amines) is 5. The molecular weight excluding hydrogens is 1900 g/mol. The lowest BCUT2D eigenvalue weighted by Gasteiger charge is -2.44. The Bertz CT molecular complexity index is 5530. The van der Waals surface area contributed by atoms with Gasteiger partial charge in [-0.15, -0.1) is 34.8 Å². The molecule has 0 spiro atoms. The fraction of sp³-hybridized carbons (Fsp3) is 0.441. The molecular formula is C118H151Cl3IN9O8. The summed E-state index contributed by atoms with van der Waals surface area (Å²) in [5, 5.41) is 25.2. The fourth-order valence-corrected chi connectivity index (χ4v) is 18.8. The molecule has 0 bridgehead atoms. The van der Waals surface area contributed by atoms with Gasteiger partial charge in [0.15, 0.2) is 0 Å². The number of carbonyl (C=O) groups is 5. The molecule has 15 rings (SSSR count). The van der Waals surface area contributed by atoms with Crippen molar-refractivity contribution in [2.24, 2.45) is 5.73 Å². The molecule has 5 aliphatic heterocycles. The van der Waals surface area contributed by atoms with E-state index in [0.717, 1.165) is 138 Å². The summed E-state index contributed by atoms with van der Waals surface area (Å²) in [5.74, 6) is -0.0163. The summed E-state index contributed by atoms with van der Waals surface area (Å²) in [6, 6.07) is 95.0. The lowest BCUT2D eigenvalue weighted by Crippen LogP contribution is -2.58. The van der Waals surface area contributed by atoms with Crippen molar-refractivity contribution in [1.29, 1.82) is 5.26 Å². The number of ether oxygens (including phenoxy) is 2. The minimum absolute atomic E-state index is 0.0145. The van der Waals surface area contributed by atoms with Crippen LogP contribution in [0.3, 0.4) is 0 Å². The van der Waals surface area contributed by atoms with Gasteiger partial charge < -0.3 is 40.7 Å². The Labute approximate surface area is 859 Å². The molecule has 139 heavy (non-hydrogen) atoms. The molecule has 0 aromatic heterocycles. The molecule has 4 amide bonds. The van der Waals surface area contributed by atoms with Gasteiger partial charge in [0.2, 0.25) is 11.8 Å². The average molecular weight is 2060 g/mol. The van der Waals surface area contributed by atoms with Gasteiger partial charge in [0, 0.05) is 62.3 Å². The Kier molecular flexibility index (Phi) is 43.3. The highest BCUT2D eigenvalue weighted by atomic mass is 127. The average Bonchev–Trinajstić information content (AvgIpc) is 0.780. The number of β-amino-alcohol motifs (C(OH)–C–C–N with tert-alkyl or cyclic N) is 1. The summed E-state index contributed by atoms with van der Waals surface area (Å²) in [6.45, 7) is 43.7. The highest BCUT2D eigenvalue weighted by molar-refractivity contribution is 14.1. The number of hydrogen-bond donors (Lipinski definition) is 4. The summed E-state index contributed by atoms with van der Waals surface area (Å²) < 4.78 is 12.4. The Morgan fingerprint density at radius 2 is 0.719 bits per heavy atom. The first kappa shape index (κ1) is 113. The van der Waals surface area contributed by atoms with Crippen molar-refractivity contribution < 1.29 is 38.6 Å². The van der Waals surface area contributed by atoms with E-state index >= 15 is 0 Å². The predicted molar refractivity (Wildman–Crippen MR) is 578 cm³/mol. The van der Waals surface area contributed by atoms with Crippen molar-refractivity contribution in [3.63, 3.8) is 0 Å². The standard InChI is InChI=1S/C25H31ClN2O3.C24H31ClN2O.C23H30N2O2.C22H29NO.C12H15NO.C10H13I.C2H2ClN/c1-24(2,3)20-11-7-12-21(15-20)25(27-22(29)16-26)13-8-14-28(18-25)23(30)31-17-19-9-5-4-6-10-19;1-23(2,3)20-11-7-12-21(15-20)24(26-22(28)16-25)13-8-14-27(18-24)17-19-9-5-4-6-10-19;1-22(2,3)19-11-7-12-20(15-19)23(24)13-8-14-25(17-23)21(26)27-16-18-9-5-4-6-10-18;1-21(2,3)19-11-7-12-20(15-19)22(24)13-8-14-23(17-22)16-18-9-5-4-6-10-18;14-12-7-4-8-13(10-12)9-11-5-2-1-3-6-11;1-10(2,3)8-5-4-6-9(11)7-8;3-1-2-4/h4-7,9-12,15H,8,13-14,16-18H2,1-3H3,(H,27,29);4-7,9-12,15H,8,13-14,16-18H2,1-3H3,(H,26,28);4-7,9-12,15H,8,13-14,16-17,24H2,1-3H3;4-7,9-12,15,24H,8,13-14,16-17H2,1-3H3;1-3,5-6H,4,7-10H2;4-7H,1-3H3;1H2. The molecule has 5 N–H and O–H groups in total. The highest BCUT2D eigenvalue weighted by Crippen LogP contribution is 2.41. The zero-order valence-corrected chi connectivity index (χ0v) is 89.3. The number of aliphatic hydroxyl groups is 1.